The lowest BCUT2D eigenvalue weighted by molar-refractivity contribution is -0.0342. The highest BCUT2D eigenvalue weighted by Crippen LogP contribution is 2.33. The van der Waals surface area contributed by atoms with Crippen LogP contribution >= 0.6 is 0 Å². The van der Waals surface area contributed by atoms with Crippen LogP contribution in [0.25, 0.3) is 5.57 Å². The number of hydrogen-bond acceptors (Lipinski definition) is 3. The Hall–Kier alpha value is -2.66. The second-order valence-electron chi connectivity index (χ2n) is 7.12. The number of morpholine rings is 1. The number of amides is 1. The highest BCUT2D eigenvalue weighted by molar-refractivity contribution is 5.74. The molecule has 0 saturated carbocycles. The van der Waals surface area contributed by atoms with Crippen molar-refractivity contribution in [2.45, 2.75) is 32.0 Å². The first-order valence-electron chi connectivity index (χ1n) is 9.15. The number of ether oxygens (including phenoxy) is 2. The Bertz CT molecular complexity index is 845. The molecule has 4 nitrogen and oxygen atoms in total. The van der Waals surface area contributed by atoms with Crippen LogP contribution in [0.1, 0.15) is 23.1 Å². The normalized spacial score (nSPS) is 21.6. The van der Waals surface area contributed by atoms with Gasteiger partial charge in [0.05, 0.1) is 25.3 Å². The number of halogens is 1. The molecular weight excluding hydrogens is 345 g/mol. The lowest BCUT2D eigenvalue weighted by Crippen LogP contribution is -2.56. The topological polar surface area (TPSA) is 38.8 Å². The van der Waals surface area contributed by atoms with Crippen molar-refractivity contribution in [3.63, 3.8) is 0 Å². The fourth-order valence-corrected chi connectivity index (χ4v) is 3.81. The van der Waals surface area contributed by atoms with Crippen LogP contribution in [0.5, 0.6) is 0 Å². The van der Waals surface area contributed by atoms with Gasteiger partial charge in [-0.1, -0.05) is 42.5 Å². The summed E-state index contributed by atoms with van der Waals surface area (Å²) in [4.78, 5) is 14.5. The zero-order valence-corrected chi connectivity index (χ0v) is 15.2. The fourth-order valence-electron chi connectivity index (χ4n) is 3.81. The number of carbonyl (C=O) groups is 1. The SMILES string of the molecule is Cc1cc(F)cc(C2=CC3COCC(C2)N3C(=O)OCc2ccccc2)c1. The second-order valence-corrected chi connectivity index (χ2v) is 7.12. The van der Waals surface area contributed by atoms with Gasteiger partial charge in [-0.25, -0.2) is 9.18 Å². The molecule has 0 aromatic heterocycles. The first-order valence-corrected chi connectivity index (χ1v) is 9.15. The first-order chi connectivity index (χ1) is 13.1. The van der Waals surface area contributed by atoms with Gasteiger partial charge in [-0.05, 0) is 47.7 Å². The van der Waals surface area contributed by atoms with Crippen LogP contribution in [0.4, 0.5) is 9.18 Å². The average Bonchev–Trinajstić information content (AvgIpc) is 2.65. The van der Waals surface area contributed by atoms with Crippen molar-refractivity contribution in [2.75, 3.05) is 13.2 Å². The molecule has 27 heavy (non-hydrogen) atoms. The second kappa shape index (κ2) is 7.53. The molecule has 2 heterocycles. The van der Waals surface area contributed by atoms with Crippen molar-refractivity contribution in [1.29, 1.82) is 0 Å². The van der Waals surface area contributed by atoms with E-state index in [1.165, 1.54) is 6.07 Å². The molecule has 2 unspecified atom stereocenters. The van der Waals surface area contributed by atoms with Crippen LogP contribution in [0.15, 0.2) is 54.6 Å². The van der Waals surface area contributed by atoms with E-state index in [0.29, 0.717) is 19.6 Å². The van der Waals surface area contributed by atoms with Crippen LogP contribution in [0.3, 0.4) is 0 Å². The van der Waals surface area contributed by atoms with E-state index in [2.05, 4.69) is 0 Å². The Labute approximate surface area is 158 Å². The summed E-state index contributed by atoms with van der Waals surface area (Å²) in [6.45, 7) is 3.01. The molecule has 140 valence electrons. The molecule has 0 spiro atoms. The fraction of sp³-hybridized carbons (Fsp3) is 0.318. The summed E-state index contributed by atoms with van der Waals surface area (Å²) in [5.74, 6) is -0.239. The number of fused-ring (bicyclic) bond motifs is 2. The molecule has 2 aromatic rings. The molecule has 2 bridgehead atoms. The molecule has 2 aliphatic rings. The Morgan fingerprint density at radius 2 is 2.04 bits per heavy atom. The Morgan fingerprint density at radius 1 is 1.22 bits per heavy atom. The van der Waals surface area contributed by atoms with Crippen molar-refractivity contribution in [2.24, 2.45) is 0 Å². The predicted molar refractivity (Wildman–Crippen MR) is 101 cm³/mol. The monoisotopic (exact) mass is 367 g/mol. The summed E-state index contributed by atoms with van der Waals surface area (Å²) in [5.41, 5.74) is 3.78. The molecule has 2 atom stereocenters. The summed E-state index contributed by atoms with van der Waals surface area (Å²) < 4.78 is 25.0. The quantitative estimate of drug-likeness (QED) is 0.811. The van der Waals surface area contributed by atoms with Crippen LogP contribution in [0, 0.1) is 12.7 Å². The predicted octanol–water partition coefficient (Wildman–Crippen LogP) is 4.33. The van der Waals surface area contributed by atoms with E-state index in [-0.39, 0.29) is 30.6 Å². The molecule has 1 fully saturated rings. The lowest BCUT2D eigenvalue weighted by Gasteiger charge is -2.43. The maximum absolute atomic E-state index is 13.8. The van der Waals surface area contributed by atoms with Gasteiger partial charge in [-0.3, -0.25) is 4.90 Å². The van der Waals surface area contributed by atoms with Crippen molar-refractivity contribution < 1.29 is 18.7 Å². The number of rotatable bonds is 3. The Morgan fingerprint density at radius 3 is 2.78 bits per heavy atom. The first kappa shape index (κ1) is 17.7. The van der Waals surface area contributed by atoms with Gasteiger partial charge in [0, 0.05) is 0 Å². The summed E-state index contributed by atoms with van der Waals surface area (Å²) in [5, 5.41) is 0. The summed E-state index contributed by atoms with van der Waals surface area (Å²) in [7, 11) is 0. The molecule has 5 heteroatoms. The van der Waals surface area contributed by atoms with Gasteiger partial charge in [0.25, 0.3) is 0 Å². The molecule has 0 aliphatic carbocycles. The number of aryl methyl sites for hydroxylation is 1. The summed E-state index contributed by atoms with van der Waals surface area (Å²) >= 11 is 0. The minimum absolute atomic E-state index is 0.101. The Balaban J connectivity index is 1.52. The minimum atomic E-state index is -0.331. The molecule has 2 aromatic carbocycles. The maximum Gasteiger partial charge on any atom is 0.411 e. The van der Waals surface area contributed by atoms with Gasteiger partial charge in [0.2, 0.25) is 0 Å². The number of hydrogen-bond donors (Lipinski definition) is 0. The molecule has 2 aliphatic heterocycles. The molecule has 0 radical (unpaired) electrons. The molecule has 4 rings (SSSR count). The Kier molecular flexibility index (Phi) is 4.94. The van der Waals surface area contributed by atoms with Crippen LogP contribution in [-0.4, -0.2) is 36.3 Å². The van der Waals surface area contributed by atoms with Crippen LogP contribution < -0.4 is 0 Å². The number of benzene rings is 2. The van der Waals surface area contributed by atoms with Gasteiger partial charge < -0.3 is 9.47 Å². The van der Waals surface area contributed by atoms with E-state index in [9.17, 15) is 9.18 Å². The largest absolute Gasteiger partial charge is 0.445 e. The van der Waals surface area contributed by atoms with Gasteiger partial charge in [-0.15, -0.1) is 0 Å². The summed E-state index contributed by atoms with van der Waals surface area (Å²) in [6.07, 6.45) is 2.30. The van der Waals surface area contributed by atoms with Crippen LogP contribution in [-0.2, 0) is 16.1 Å². The minimum Gasteiger partial charge on any atom is -0.445 e. The van der Waals surface area contributed by atoms with E-state index in [4.69, 9.17) is 9.47 Å². The smallest absolute Gasteiger partial charge is 0.411 e. The molecule has 1 amide bonds. The highest BCUT2D eigenvalue weighted by Gasteiger charge is 2.39. The third kappa shape index (κ3) is 3.88. The average molecular weight is 367 g/mol. The van der Waals surface area contributed by atoms with E-state index >= 15 is 0 Å². The van der Waals surface area contributed by atoms with Gasteiger partial charge in [-0.2, -0.15) is 0 Å². The number of carbonyl (C=O) groups excluding carboxylic acids is 1. The van der Waals surface area contributed by atoms with Gasteiger partial charge in [0.1, 0.15) is 12.4 Å². The number of nitrogens with zero attached hydrogens (tertiary/aromatic N) is 1. The van der Waals surface area contributed by atoms with E-state index < -0.39 is 0 Å². The van der Waals surface area contributed by atoms with Gasteiger partial charge in [0.15, 0.2) is 0 Å². The van der Waals surface area contributed by atoms with Crippen LogP contribution in [0.2, 0.25) is 0 Å². The zero-order chi connectivity index (χ0) is 18.8. The van der Waals surface area contributed by atoms with E-state index in [1.807, 2.05) is 49.4 Å². The van der Waals surface area contributed by atoms with E-state index in [1.54, 1.807) is 11.0 Å². The standard InChI is InChI=1S/C22H22FNO3/c1-15-7-17(9-19(23)8-15)18-10-20-13-26-14-21(11-18)24(20)22(25)27-12-16-5-3-2-4-6-16/h2-10,20-21H,11-14H2,1H3. The summed E-state index contributed by atoms with van der Waals surface area (Å²) in [6, 6.07) is 14.4. The maximum atomic E-state index is 13.8. The van der Waals surface area contributed by atoms with E-state index in [0.717, 1.165) is 22.3 Å². The van der Waals surface area contributed by atoms with Gasteiger partial charge >= 0.3 is 6.09 Å². The van der Waals surface area contributed by atoms with Crippen molar-refractivity contribution >= 4 is 11.7 Å². The lowest BCUT2D eigenvalue weighted by atomic mass is 9.89. The third-order valence-corrected chi connectivity index (χ3v) is 5.03. The van der Waals surface area contributed by atoms with Crippen molar-refractivity contribution in [3.05, 3.63) is 77.1 Å². The van der Waals surface area contributed by atoms with Crippen molar-refractivity contribution in [3.8, 4) is 0 Å². The zero-order valence-electron chi connectivity index (χ0n) is 15.2. The molecule has 1 saturated heterocycles. The third-order valence-electron chi connectivity index (χ3n) is 5.03. The molecule has 0 N–H and O–H groups in total. The van der Waals surface area contributed by atoms with Crippen molar-refractivity contribution in [1.82, 2.24) is 4.90 Å². The highest BCUT2D eigenvalue weighted by atomic mass is 19.1. The molecular formula is C22H22FNO3.